The molecular formula is C11H12ClNO. The van der Waals surface area contributed by atoms with Crippen LogP contribution in [0.4, 0.5) is 0 Å². The lowest BCUT2D eigenvalue weighted by Gasteiger charge is -2.08. The van der Waals surface area contributed by atoms with E-state index in [1.54, 1.807) is 6.08 Å². The summed E-state index contributed by atoms with van der Waals surface area (Å²) >= 11 is 5.53. The summed E-state index contributed by atoms with van der Waals surface area (Å²) in [6, 6.07) is 5.57. The van der Waals surface area contributed by atoms with Crippen LogP contribution in [0.1, 0.15) is 18.1 Å². The molecule has 0 amide bonds. The molecule has 0 aliphatic heterocycles. The van der Waals surface area contributed by atoms with Crippen LogP contribution in [-0.2, 0) is 0 Å². The number of rotatable bonds is 4. The van der Waals surface area contributed by atoms with Crippen molar-refractivity contribution in [3.8, 4) is 5.75 Å². The van der Waals surface area contributed by atoms with E-state index >= 15 is 0 Å². The molecule has 0 heterocycles. The molecule has 0 saturated carbocycles. The first-order valence-electron chi connectivity index (χ1n) is 4.36. The van der Waals surface area contributed by atoms with Gasteiger partial charge in [-0.15, -0.1) is 0 Å². The molecule has 1 aromatic rings. The highest BCUT2D eigenvalue weighted by molar-refractivity contribution is 6.27. The molecule has 74 valence electrons. The fraction of sp³-hybridized carbons (Fsp3) is 0.182. The third kappa shape index (κ3) is 2.36. The van der Waals surface area contributed by atoms with Crippen LogP contribution < -0.4 is 4.74 Å². The number of hydrogen-bond acceptors (Lipinski definition) is 2. The van der Waals surface area contributed by atoms with Crippen molar-refractivity contribution in [1.29, 1.82) is 5.41 Å². The summed E-state index contributed by atoms with van der Waals surface area (Å²) in [4.78, 5) is 0. The van der Waals surface area contributed by atoms with Crippen LogP contribution in [0.5, 0.6) is 5.75 Å². The lowest BCUT2D eigenvalue weighted by atomic mass is 10.1. The summed E-state index contributed by atoms with van der Waals surface area (Å²) in [7, 11) is 0. The second-order valence-electron chi connectivity index (χ2n) is 2.63. The Kier molecular flexibility index (Phi) is 4.20. The zero-order valence-corrected chi connectivity index (χ0v) is 8.71. The van der Waals surface area contributed by atoms with Crippen LogP contribution in [0.15, 0.2) is 23.7 Å². The van der Waals surface area contributed by atoms with Crippen molar-refractivity contribution in [3.63, 3.8) is 0 Å². The molecule has 1 N–H and O–H groups in total. The quantitative estimate of drug-likeness (QED) is 0.759. The first kappa shape index (κ1) is 10.8. The van der Waals surface area contributed by atoms with Crippen LogP contribution >= 0.6 is 11.6 Å². The molecule has 14 heavy (non-hydrogen) atoms. The monoisotopic (exact) mass is 209 g/mol. The maximum Gasteiger partial charge on any atom is 0.127 e. The van der Waals surface area contributed by atoms with Crippen molar-refractivity contribution in [1.82, 2.24) is 0 Å². The Morgan fingerprint density at radius 1 is 1.50 bits per heavy atom. The summed E-state index contributed by atoms with van der Waals surface area (Å²) in [6.07, 6.45) is 3.02. The van der Waals surface area contributed by atoms with Crippen molar-refractivity contribution in [2.45, 2.75) is 6.92 Å². The average molecular weight is 210 g/mol. The number of hydrogen-bond donors (Lipinski definition) is 1. The largest absolute Gasteiger partial charge is 0.493 e. The van der Waals surface area contributed by atoms with Gasteiger partial charge in [-0.3, -0.25) is 0 Å². The minimum Gasteiger partial charge on any atom is -0.493 e. The Bertz CT molecular complexity index is 347. The molecule has 1 aromatic carbocycles. The first-order valence-corrected chi connectivity index (χ1v) is 4.80. The summed E-state index contributed by atoms with van der Waals surface area (Å²) in [5, 5.41) is 7.23. The Labute approximate surface area is 88.7 Å². The van der Waals surface area contributed by atoms with Gasteiger partial charge in [0.15, 0.2) is 0 Å². The van der Waals surface area contributed by atoms with E-state index in [1.165, 1.54) is 11.7 Å². The van der Waals surface area contributed by atoms with Crippen LogP contribution in [0, 0.1) is 5.41 Å². The van der Waals surface area contributed by atoms with E-state index in [0.29, 0.717) is 6.61 Å². The van der Waals surface area contributed by atoms with Crippen molar-refractivity contribution in [2.24, 2.45) is 0 Å². The zero-order valence-electron chi connectivity index (χ0n) is 7.96. The van der Waals surface area contributed by atoms with Gasteiger partial charge < -0.3 is 10.1 Å². The second-order valence-corrected chi connectivity index (χ2v) is 2.88. The lowest BCUT2D eigenvalue weighted by molar-refractivity contribution is 0.339. The highest BCUT2D eigenvalue weighted by atomic mass is 35.5. The van der Waals surface area contributed by atoms with Gasteiger partial charge in [-0.05, 0) is 19.1 Å². The van der Waals surface area contributed by atoms with Gasteiger partial charge >= 0.3 is 0 Å². The van der Waals surface area contributed by atoms with Crippen LogP contribution in [0.25, 0.3) is 6.08 Å². The van der Waals surface area contributed by atoms with Crippen LogP contribution in [0.2, 0.25) is 0 Å². The van der Waals surface area contributed by atoms with E-state index < -0.39 is 0 Å². The fourth-order valence-corrected chi connectivity index (χ4v) is 1.34. The van der Waals surface area contributed by atoms with Crippen molar-refractivity contribution >= 4 is 23.9 Å². The molecule has 0 radical (unpaired) electrons. The minimum absolute atomic E-state index is 0.602. The fourth-order valence-electron chi connectivity index (χ4n) is 1.21. The molecule has 3 heteroatoms. The van der Waals surface area contributed by atoms with Crippen LogP contribution in [0.3, 0.4) is 0 Å². The molecule has 0 atom stereocenters. The topological polar surface area (TPSA) is 33.1 Å². The molecule has 1 rings (SSSR count). The van der Waals surface area contributed by atoms with Gasteiger partial charge in [-0.25, -0.2) is 0 Å². The summed E-state index contributed by atoms with van der Waals surface area (Å²) in [5.41, 5.74) is 3.07. The normalized spacial score (nSPS) is 10.4. The lowest BCUT2D eigenvalue weighted by Crippen LogP contribution is -1.96. The SMILES string of the molecule is CCOc1cccc(C=N)c1/C=C/Cl. The molecule has 0 aliphatic carbocycles. The van der Waals surface area contributed by atoms with E-state index in [-0.39, 0.29) is 0 Å². The zero-order chi connectivity index (χ0) is 10.4. The Morgan fingerprint density at radius 2 is 2.29 bits per heavy atom. The molecule has 0 fully saturated rings. The highest BCUT2D eigenvalue weighted by Crippen LogP contribution is 2.23. The number of ether oxygens (including phenoxy) is 1. The predicted molar refractivity (Wildman–Crippen MR) is 60.4 cm³/mol. The maximum atomic E-state index is 7.23. The molecule has 0 unspecified atom stereocenters. The molecule has 2 nitrogen and oxygen atoms in total. The molecule has 0 bridgehead atoms. The van der Waals surface area contributed by atoms with E-state index in [4.69, 9.17) is 21.7 Å². The van der Waals surface area contributed by atoms with Gasteiger partial charge in [0.2, 0.25) is 0 Å². The number of halogens is 1. The number of nitrogens with one attached hydrogen (secondary N) is 1. The van der Waals surface area contributed by atoms with Crippen LogP contribution in [-0.4, -0.2) is 12.8 Å². The first-order chi connectivity index (χ1) is 6.83. The summed E-state index contributed by atoms with van der Waals surface area (Å²) in [5.74, 6) is 0.755. The molecule has 0 spiro atoms. The summed E-state index contributed by atoms with van der Waals surface area (Å²) < 4.78 is 5.42. The Hall–Kier alpha value is -1.28. The smallest absolute Gasteiger partial charge is 0.127 e. The third-order valence-electron chi connectivity index (χ3n) is 1.78. The molecular weight excluding hydrogens is 198 g/mol. The van der Waals surface area contributed by atoms with Crippen molar-refractivity contribution in [2.75, 3.05) is 6.61 Å². The second kappa shape index (κ2) is 5.45. The minimum atomic E-state index is 0.602. The van der Waals surface area contributed by atoms with Crippen molar-refractivity contribution < 1.29 is 4.74 Å². The molecule has 0 aliphatic rings. The van der Waals surface area contributed by atoms with E-state index in [2.05, 4.69) is 0 Å². The standard InChI is InChI=1S/C11H12ClNO/c1-2-14-11-5-3-4-9(8-13)10(11)6-7-12/h3-8,13H,2H2,1H3/b7-6+,13-8?. The predicted octanol–water partition coefficient (Wildman–Crippen LogP) is 3.29. The maximum absolute atomic E-state index is 7.23. The highest BCUT2D eigenvalue weighted by Gasteiger charge is 2.03. The van der Waals surface area contributed by atoms with Gasteiger partial charge in [-0.2, -0.15) is 0 Å². The Balaban J connectivity index is 3.20. The van der Waals surface area contributed by atoms with Gasteiger partial charge in [0.05, 0.1) is 6.61 Å². The summed E-state index contributed by atoms with van der Waals surface area (Å²) in [6.45, 7) is 2.52. The number of benzene rings is 1. The van der Waals surface area contributed by atoms with Crippen molar-refractivity contribution in [3.05, 3.63) is 34.9 Å². The van der Waals surface area contributed by atoms with Gasteiger partial charge in [0.1, 0.15) is 5.75 Å². The van der Waals surface area contributed by atoms with E-state index in [1.807, 2.05) is 25.1 Å². The molecule has 0 saturated heterocycles. The Morgan fingerprint density at radius 3 is 2.86 bits per heavy atom. The van der Waals surface area contributed by atoms with E-state index in [0.717, 1.165) is 16.9 Å². The van der Waals surface area contributed by atoms with Gasteiger partial charge in [-0.1, -0.05) is 23.7 Å². The molecule has 0 aromatic heterocycles. The van der Waals surface area contributed by atoms with Gasteiger partial charge in [0, 0.05) is 22.9 Å². The average Bonchev–Trinajstić information content (AvgIpc) is 2.21. The van der Waals surface area contributed by atoms with E-state index in [9.17, 15) is 0 Å². The third-order valence-corrected chi connectivity index (χ3v) is 1.91. The van der Waals surface area contributed by atoms with Gasteiger partial charge in [0.25, 0.3) is 0 Å².